The quantitative estimate of drug-likeness (QED) is 0.446. The molecule has 2 rings (SSSR count). The molecule has 0 fully saturated rings. The summed E-state index contributed by atoms with van der Waals surface area (Å²) in [4.78, 5) is 6.76. The van der Waals surface area contributed by atoms with Crippen LogP contribution >= 0.6 is 0 Å². The number of nitrogens with one attached hydrogen (secondary N) is 1. The second kappa shape index (κ2) is 9.60. The topological polar surface area (TPSA) is 67.6 Å². The van der Waals surface area contributed by atoms with Crippen molar-refractivity contribution < 1.29 is 4.74 Å². The minimum atomic E-state index is 0.463. The number of benzene rings is 1. The lowest BCUT2D eigenvalue weighted by Crippen LogP contribution is -2.38. The molecule has 0 aliphatic rings. The summed E-state index contributed by atoms with van der Waals surface area (Å²) in [6, 6.07) is 8.11. The molecule has 0 saturated heterocycles. The molecule has 0 amide bonds. The zero-order chi connectivity index (χ0) is 18.9. The first kappa shape index (κ1) is 19.5. The predicted octanol–water partition coefficient (Wildman–Crippen LogP) is 2.29. The number of aliphatic imine (C=N–C) groups is 1. The van der Waals surface area contributed by atoms with Gasteiger partial charge >= 0.3 is 0 Å². The maximum Gasteiger partial charge on any atom is 0.194 e. The summed E-state index contributed by atoms with van der Waals surface area (Å²) in [6.45, 7) is 10.2. The molecule has 0 bridgehead atoms. The number of hydrogen-bond acceptors (Lipinski definition) is 4. The SMILES string of the molecule is C=CCNC(=NCc1nnc(C)n1C)N(C)Cc1ccc(OCC)cc1. The first-order valence-corrected chi connectivity index (χ1v) is 8.72. The van der Waals surface area contributed by atoms with Crippen molar-refractivity contribution >= 4 is 5.96 Å². The van der Waals surface area contributed by atoms with Crippen molar-refractivity contribution in [2.45, 2.75) is 26.9 Å². The van der Waals surface area contributed by atoms with Crippen LogP contribution in [0, 0.1) is 6.92 Å². The molecule has 1 aromatic heterocycles. The van der Waals surface area contributed by atoms with Crippen LogP contribution in [0.5, 0.6) is 5.75 Å². The highest BCUT2D eigenvalue weighted by atomic mass is 16.5. The van der Waals surface area contributed by atoms with Gasteiger partial charge in [0.15, 0.2) is 11.8 Å². The lowest BCUT2D eigenvalue weighted by molar-refractivity contribution is 0.340. The van der Waals surface area contributed by atoms with Crippen molar-refractivity contribution in [1.82, 2.24) is 25.0 Å². The van der Waals surface area contributed by atoms with Crippen LogP contribution in [0.3, 0.4) is 0 Å². The number of aromatic nitrogens is 3. The lowest BCUT2D eigenvalue weighted by atomic mass is 10.2. The van der Waals surface area contributed by atoms with Gasteiger partial charge in [0.1, 0.15) is 18.1 Å². The van der Waals surface area contributed by atoms with Gasteiger partial charge in [-0.1, -0.05) is 18.2 Å². The van der Waals surface area contributed by atoms with Gasteiger partial charge in [0.05, 0.1) is 6.61 Å². The monoisotopic (exact) mass is 356 g/mol. The Morgan fingerprint density at radius 2 is 2.08 bits per heavy atom. The van der Waals surface area contributed by atoms with E-state index in [9.17, 15) is 0 Å². The Morgan fingerprint density at radius 3 is 2.65 bits per heavy atom. The van der Waals surface area contributed by atoms with Crippen LogP contribution in [0.15, 0.2) is 41.9 Å². The minimum absolute atomic E-state index is 0.463. The first-order chi connectivity index (χ1) is 12.5. The molecule has 0 radical (unpaired) electrons. The highest BCUT2D eigenvalue weighted by molar-refractivity contribution is 5.79. The smallest absolute Gasteiger partial charge is 0.194 e. The van der Waals surface area contributed by atoms with Crippen molar-refractivity contribution in [2.75, 3.05) is 20.2 Å². The van der Waals surface area contributed by atoms with E-state index in [2.05, 4.69) is 44.1 Å². The summed E-state index contributed by atoms with van der Waals surface area (Å²) in [5, 5.41) is 11.5. The Morgan fingerprint density at radius 1 is 1.35 bits per heavy atom. The number of ether oxygens (including phenoxy) is 1. The molecule has 7 heteroatoms. The molecule has 7 nitrogen and oxygen atoms in total. The molecule has 0 aliphatic carbocycles. The van der Waals surface area contributed by atoms with Crippen LogP contribution in [0.25, 0.3) is 0 Å². The van der Waals surface area contributed by atoms with Crippen LogP contribution < -0.4 is 10.1 Å². The van der Waals surface area contributed by atoms with Crippen LogP contribution in [0.2, 0.25) is 0 Å². The molecule has 26 heavy (non-hydrogen) atoms. The third-order valence-electron chi connectivity index (χ3n) is 3.97. The van der Waals surface area contributed by atoms with E-state index in [0.29, 0.717) is 19.7 Å². The molecule has 0 aliphatic heterocycles. The molecular formula is C19H28N6O. The normalized spacial score (nSPS) is 11.3. The van der Waals surface area contributed by atoms with E-state index in [1.807, 2.05) is 50.7 Å². The van der Waals surface area contributed by atoms with Gasteiger partial charge in [-0.25, -0.2) is 4.99 Å². The van der Waals surface area contributed by atoms with Crippen LogP contribution in [0.1, 0.15) is 24.1 Å². The Kier molecular flexibility index (Phi) is 7.20. The fourth-order valence-corrected chi connectivity index (χ4v) is 2.42. The average Bonchev–Trinajstić information content (AvgIpc) is 2.95. The Hall–Kier alpha value is -2.83. The lowest BCUT2D eigenvalue weighted by Gasteiger charge is -2.22. The van der Waals surface area contributed by atoms with Gasteiger partial charge < -0.3 is 19.5 Å². The van der Waals surface area contributed by atoms with Gasteiger partial charge in [0.25, 0.3) is 0 Å². The number of nitrogens with zero attached hydrogens (tertiary/aromatic N) is 5. The third kappa shape index (κ3) is 5.34. The van der Waals surface area contributed by atoms with Gasteiger partial charge in [-0.2, -0.15) is 0 Å². The van der Waals surface area contributed by atoms with Crippen molar-refractivity contribution in [3.63, 3.8) is 0 Å². The molecule has 0 spiro atoms. The molecule has 0 atom stereocenters. The highest BCUT2D eigenvalue weighted by Crippen LogP contribution is 2.13. The van der Waals surface area contributed by atoms with Gasteiger partial charge in [-0.3, -0.25) is 0 Å². The largest absolute Gasteiger partial charge is 0.494 e. The van der Waals surface area contributed by atoms with Gasteiger partial charge in [0.2, 0.25) is 0 Å². The van der Waals surface area contributed by atoms with Crippen LogP contribution in [-0.2, 0) is 20.1 Å². The molecule has 1 heterocycles. The number of aryl methyl sites for hydroxylation is 1. The molecule has 2 aromatic rings. The van der Waals surface area contributed by atoms with Crippen molar-refractivity contribution in [2.24, 2.45) is 12.0 Å². The van der Waals surface area contributed by atoms with E-state index < -0.39 is 0 Å². The second-order valence-corrected chi connectivity index (χ2v) is 5.96. The predicted molar refractivity (Wildman–Crippen MR) is 104 cm³/mol. The van der Waals surface area contributed by atoms with E-state index in [4.69, 9.17) is 4.74 Å². The number of rotatable bonds is 8. The molecule has 1 aromatic carbocycles. The Balaban J connectivity index is 2.07. The van der Waals surface area contributed by atoms with Crippen molar-refractivity contribution in [3.05, 3.63) is 54.1 Å². The van der Waals surface area contributed by atoms with Gasteiger partial charge in [-0.05, 0) is 31.5 Å². The fourth-order valence-electron chi connectivity index (χ4n) is 2.42. The maximum absolute atomic E-state index is 5.49. The zero-order valence-electron chi connectivity index (χ0n) is 16.1. The Bertz CT molecular complexity index is 735. The summed E-state index contributed by atoms with van der Waals surface area (Å²) in [5.41, 5.74) is 1.18. The standard InChI is InChI=1S/C19H28N6O/c1-6-12-20-19(21-13-18-23-22-15(3)25(18)5)24(4)14-16-8-10-17(11-9-16)26-7-2/h6,8-11H,1,7,12-14H2,2-5H3,(H,20,21). The second-order valence-electron chi connectivity index (χ2n) is 5.96. The number of guanidine groups is 1. The third-order valence-corrected chi connectivity index (χ3v) is 3.97. The number of hydrogen-bond donors (Lipinski definition) is 1. The van der Waals surface area contributed by atoms with Crippen LogP contribution in [-0.4, -0.2) is 45.8 Å². The average molecular weight is 356 g/mol. The Labute approximate surface area is 155 Å². The first-order valence-electron chi connectivity index (χ1n) is 8.72. The summed E-state index contributed by atoms with van der Waals surface area (Å²) >= 11 is 0. The summed E-state index contributed by atoms with van der Waals surface area (Å²) in [6.07, 6.45) is 1.81. The van der Waals surface area contributed by atoms with Crippen LogP contribution in [0.4, 0.5) is 0 Å². The maximum atomic E-state index is 5.49. The molecule has 140 valence electrons. The van der Waals surface area contributed by atoms with E-state index in [1.54, 1.807) is 0 Å². The molecular weight excluding hydrogens is 328 g/mol. The van der Waals surface area contributed by atoms with E-state index >= 15 is 0 Å². The van der Waals surface area contributed by atoms with Crippen molar-refractivity contribution in [1.29, 1.82) is 0 Å². The molecule has 0 unspecified atom stereocenters. The van der Waals surface area contributed by atoms with E-state index in [1.165, 1.54) is 5.56 Å². The minimum Gasteiger partial charge on any atom is -0.494 e. The van der Waals surface area contributed by atoms with Gasteiger partial charge in [-0.15, -0.1) is 16.8 Å². The summed E-state index contributed by atoms with van der Waals surface area (Å²) in [7, 11) is 3.95. The summed E-state index contributed by atoms with van der Waals surface area (Å²) in [5.74, 6) is 3.38. The molecule has 1 N–H and O–H groups in total. The summed E-state index contributed by atoms with van der Waals surface area (Å²) < 4.78 is 7.44. The molecule has 0 saturated carbocycles. The highest BCUT2D eigenvalue weighted by Gasteiger charge is 2.09. The van der Waals surface area contributed by atoms with E-state index in [0.717, 1.165) is 29.9 Å². The fraction of sp³-hybridized carbons (Fsp3) is 0.421. The van der Waals surface area contributed by atoms with E-state index in [-0.39, 0.29) is 0 Å². The van der Waals surface area contributed by atoms with Gasteiger partial charge in [0, 0.05) is 27.2 Å². The zero-order valence-corrected chi connectivity index (χ0v) is 16.1. The van der Waals surface area contributed by atoms with Crippen molar-refractivity contribution in [3.8, 4) is 5.75 Å².